The maximum Gasteiger partial charge on any atom is 0.328 e. The van der Waals surface area contributed by atoms with Crippen LogP contribution in [0.1, 0.15) is 44.9 Å². The SMILES string of the molecule is O=P(O)(O)CCCC(C1CCCCCNNNNCC1)P(=O)(O)O. The standard InChI is InChI=1S/C12H30N4O6P2/c17-23(18,19)10-4-6-12(24(20,21)22)11-5-2-1-3-8-13-15-16-14-9-7-11/h11-16H,1-10H2,(H2,17,18,19)(H2,20,21,22). The van der Waals surface area contributed by atoms with E-state index < -0.39 is 20.9 Å². The van der Waals surface area contributed by atoms with Gasteiger partial charge in [-0.3, -0.25) is 9.13 Å². The molecule has 0 aromatic carbocycles. The molecule has 1 saturated heterocycles. The number of hydrazine groups is 3. The highest BCUT2D eigenvalue weighted by molar-refractivity contribution is 7.52. The summed E-state index contributed by atoms with van der Waals surface area (Å²) in [7, 11) is -8.48. The lowest BCUT2D eigenvalue weighted by Crippen LogP contribution is -2.51. The van der Waals surface area contributed by atoms with Gasteiger partial charge in [0.2, 0.25) is 0 Å². The minimum absolute atomic E-state index is 0.105. The highest BCUT2D eigenvalue weighted by atomic mass is 31.2. The largest absolute Gasteiger partial charge is 0.328 e. The third-order valence-electron chi connectivity index (χ3n) is 4.18. The summed E-state index contributed by atoms with van der Waals surface area (Å²) in [5.74, 6) is -0.190. The van der Waals surface area contributed by atoms with Gasteiger partial charge < -0.3 is 19.6 Å². The maximum atomic E-state index is 11.9. The second-order valence-corrected chi connectivity index (χ2v) is 9.81. The number of hydrogen-bond acceptors (Lipinski definition) is 6. The summed E-state index contributed by atoms with van der Waals surface area (Å²) in [6, 6.07) is 0. The first-order valence-electron chi connectivity index (χ1n) is 8.25. The molecule has 0 amide bonds. The molecule has 0 aromatic rings. The van der Waals surface area contributed by atoms with Gasteiger partial charge in [-0.1, -0.05) is 12.8 Å². The molecule has 1 aliphatic rings. The van der Waals surface area contributed by atoms with Gasteiger partial charge in [-0.2, -0.15) is 11.1 Å². The molecular formula is C12H30N4O6P2. The summed E-state index contributed by atoms with van der Waals surface area (Å²) in [4.78, 5) is 37.3. The van der Waals surface area contributed by atoms with Gasteiger partial charge in [0.15, 0.2) is 0 Å². The van der Waals surface area contributed by atoms with Crippen LogP contribution in [0.3, 0.4) is 0 Å². The predicted octanol–water partition coefficient (Wildman–Crippen LogP) is 0.174. The Morgan fingerprint density at radius 2 is 1.58 bits per heavy atom. The van der Waals surface area contributed by atoms with Gasteiger partial charge in [0.05, 0.1) is 5.66 Å². The van der Waals surface area contributed by atoms with E-state index in [1.54, 1.807) is 0 Å². The van der Waals surface area contributed by atoms with Gasteiger partial charge in [-0.25, -0.2) is 10.9 Å². The molecule has 1 heterocycles. The van der Waals surface area contributed by atoms with Crippen molar-refractivity contribution in [1.82, 2.24) is 21.9 Å². The summed E-state index contributed by atoms with van der Waals surface area (Å²) in [5, 5.41) is 0. The van der Waals surface area contributed by atoms with Crippen LogP contribution in [0.25, 0.3) is 0 Å². The molecular weight excluding hydrogens is 358 g/mol. The van der Waals surface area contributed by atoms with E-state index in [2.05, 4.69) is 21.9 Å². The molecule has 12 heteroatoms. The fraction of sp³-hybridized carbons (Fsp3) is 1.00. The highest BCUT2D eigenvalue weighted by Crippen LogP contribution is 2.50. The van der Waals surface area contributed by atoms with Gasteiger partial charge >= 0.3 is 15.2 Å². The van der Waals surface area contributed by atoms with E-state index >= 15 is 0 Å². The van der Waals surface area contributed by atoms with Crippen molar-refractivity contribution >= 4 is 15.2 Å². The molecule has 0 saturated carbocycles. The summed E-state index contributed by atoms with van der Waals surface area (Å²) < 4.78 is 22.9. The third kappa shape index (κ3) is 10.2. The molecule has 24 heavy (non-hydrogen) atoms. The molecule has 144 valence electrons. The lowest BCUT2D eigenvalue weighted by molar-refractivity contribution is 0.286. The van der Waals surface area contributed by atoms with E-state index in [4.69, 9.17) is 9.79 Å². The van der Waals surface area contributed by atoms with Crippen LogP contribution < -0.4 is 21.9 Å². The molecule has 0 aromatic heterocycles. The monoisotopic (exact) mass is 388 g/mol. The topological polar surface area (TPSA) is 163 Å². The second kappa shape index (κ2) is 11.0. The van der Waals surface area contributed by atoms with Crippen molar-refractivity contribution in [3.05, 3.63) is 0 Å². The van der Waals surface area contributed by atoms with Crippen LogP contribution in [0.4, 0.5) is 0 Å². The minimum Gasteiger partial charge on any atom is -0.324 e. The molecule has 0 bridgehead atoms. The Balaban J connectivity index is 2.67. The lowest BCUT2D eigenvalue weighted by atomic mass is 9.92. The molecule has 2 atom stereocenters. The summed E-state index contributed by atoms with van der Waals surface area (Å²) >= 11 is 0. The van der Waals surface area contributed by atoms with E-state index in [1.807, 2.05) is 0 Å². The van der Waals surface area contributed by atoms with Gasteiger partial charge in [0, 0.05) is 19.3 Å². The average Bonchev–Trinajstić information content (AvgIpc) is 2.42. The fourth-order valence-corrected chi connectivity index (χ4v) is 4.94. The van der Waals surface area contributed by atoms with Gasteiger partial charge in [-0.05, 0) is 38.0 Å². The van der Waals surface area contributed by atoms with Crippen molar-refractivity contribution in [3.63, 3.8) is 0 Å². The molecule has 10 nitrogen and oxygen atoms in total. The summed E-state index contributed by atoms with van der Waals surface area (Å²) in [6.45, 7) is 1.30. The zero-order valence-corrected chi connectivity index (χ0v) is 15.5. The predicted molar refractivity (Wildman–Crippen MR) is 90.8 cm³/mol. The summed E-state index contributed by atoms with van der Waals surface area (Å²) in [6.07, 6.45) is 3.91. The number of nitrogens with one attached hydrogen (secondary N) is 4. The molecule has 1 rings (SSSR count). The van der Waals surface area contributed by atoms with Crippen molar-refractivity contribution in [3.8, 4) is 0 Å². The van der Waals surface area contributed by atoms with E-state index in [-0.39, 0.29) is 24.9 Å². The highest BCUT2D eigenvalue weighted by Gasteiger charge is 2.35. The zero-order chi connectivity index (χ0) is 18.1. The smallest absolute Gasteiger partial charge is 0.324 e. The van der Waals surface area contributed by atoms with Crippen LogP contribution in [-0.2, 0) is 9.13 Å². The Bertz CT molecular complexity index is 431. The maximum absolute atomic E-state index is 11.9. The van der Waals surface area contributed by atoms with Crippen molar-refractivity contribution < 1.29 is 28.7 Å². The van der Waals surface area contributed by atoms with E-state index in [0.717, 1.165) is 25.8 Å². The lowest BCUT2D eigenvalue weighted by Gasteiger charge is -2.28. The molecule has 1 aliphatic heterocycles. The average molecular weight is 388 g/mol. The molecule has 0 radical (unpaired) electrons. The van der Waals surface area contributed by atoms with Crippen LogP contribution in [0.5, 0.6) is 0 Å². The Hall–Kier alpha value is 0.140. The first kappa shape index (κ1) is 22.2. The van der Waals surface area contributed by atoms with Gasteiger partial charge in [0.25, 0.3) is 0 Å². The quantitative estimate of drug-likeness (QED) is 0.294. The fourth-order valence-electron chi connectivity index (χ4n) is 2.98. The normalized spacial score (nSPS) is 23.9. The van der Waals surface area contributed by atoms with Gasteiger partial charge in [0.1, 0.15) is 0 Å². The zero-order valence-electron chi connectivity index (χ0n) is 13.7. The first-order chi connectivity index (χ1) is 11.2. The Morgan fingerprint density at radius 3 is 2.21 bits per heavy atom. The van der Waals surface area contributed by atoms with Gasteiger partial charge in [-0.15, -0.1) is 0 Å². The minimum atomic E-state index is -4.33. The van der Waals surface area contributed by atoms with Crippen LogP contribution in [0.15, 0.2) is 0 Å². The molecule has 0 spiro atoms. The molecule has 1 fully saturated rings. The Kier molecular flexibility index (Phi) is 10.1. The Morgan fingerprint density at radius 1 is 0.917 bits per heavy atom. The first-order valence-corrected chi connectivity index (χ1v) is 11.7. The van der Waals surface area contributed by atoms with E-state index in [0.29, 0.717) is 19.4 Å². The summed E-state index contributed by atoms with van der Waals surface area (Å²) in [5.41, 5.74) is 10.6. The Labute approximate surface area is 142 Å². The van der Waals surface area contributed by atoms with Crippen LogP contribution >= 0.6 is 15.2 Å². The molecule has 8 N–H and O–H groups in total. The van der Waals surface area contributed by atoms with Crippen LogP contribution in [-0.4, -0.2) is 44.5 Å². The van der Waals surface area contributed by atoms with Crippen molar-refractivity contribution in [2.45, 2.75) is 50.6 Å². The number of hydrogen-bond donors (Lipinski definition) is 8. The van der Waals surface area contributed by atoms with Crippen molar-refractivity contribution in [2.24, 2.45) is 5.92 Å². The van der Waals surface area contributed by atoms with E-state index in [1.165, 1.54) is 0 Å². The van der Waals surface area contributed by atoms with Crippen molar-refractivity contribution in [2.75, 3.05) is 19.3 Å². The second-order valence-electron chi connectivity index (χ2n) is 6.19. The van der Waals surface area contributed by atoms with E-state index in [9.17, 15) is 18.9 Å². The molecule has 2 unspecified atom stereocenters. The molecule has 0 aliphatic carbocycles. The van der Waals surface area contributed by atoms with Crippen molar-refractivity contribution in [1.29, 1.82) is 0 Å². The number of rotatable bonds is 6. The van der Waals surface area contributed by atoms with Crippen LogP contribution in [0, 0.1) is 5.92 Å². The van der Waals surface area contributed by atoms with Crippen LogP contribution in [0.2, 0.25) is 0 Å². The third-order valence-corrected chi connectivity index (χ3v) is 6.62.